The van der Waals surface area contributed by atoms with Crippen molar-refractivity contribution in [3.8, 4) is 0 Å². The van der Waals surface area contributed by atoms with Gasteiger partial charge in [0.2, 0.25) is 5.91 Å². The minimum atomic E-state index is 0.0763. The van der Waals surface area contributed by atoms with E-state index in [2.05, 4.69) is 39.9 Å². The summed E-state index contributed by atoms with van der Waals surface area (Å²) >= 11 is 0. The predicted octanol–water partition coefficient (Wildman–Crippen LogP) is 2.37. The molecule has 3 heteroatoms. The zero-order valence-corrected chi connectivity index (χ0v) is 12.4. The molecule has 0 radical (unpaired) electrons. The van der Waals surface area contributed by atoms with Crippen LogP contribution in [0.1, 0.15) is 41.5 Å². The fourth-order valence-electron chi connectivity index (χ4n) is 1.90. The van der Waals surface area contributed by atoms with E-state index >= 15 is 0 Å². The summed E-state index contributed by atoms with van der Waals surface area (Å²) in [5.74, 6) is 1.42. The molecule has 0 aliphatic carbocycles. The van der Waals surface area contributed by atoms with Crippen molar-refractivity contribution >= 4 is 5.91 Å². The highest BCUT2D eigenvalue weighted by Gasteiger charge is 2.21. The molecule has 1 amide bonds. The molecule has 0 saturated heterocycles. The largest absolute Gasteiger partial charge is 0.342 e. The van der Waals surface area contributed by atoms with Crippen LogP contribution < -0.4 is 5.32 Å². The Morgan fingerprint density at radius 2 is 1.53 bits per heavy atom. The molecule has 0 aromatic heterocycles. The molecule has 0 fully saturated rings. The Morgan fingerprint density at radius 1 is 1.06 bits per heavy atom. The summed E-state index contributed by atoms with van der Waals surface area (Å²) in [6.07, 6.45) is 0. The number of nitrogens with zero attached hydrogens (tertiary/aromatic N) is 1. The fraction of sp³-hybridized carbons (Fsp3) is 0.929. The molecule has 0 aliphatic heterocycles. The lowest BCUT2D eigenvalue weighted by Crippen LogP contribution is -2.42. The van der Waals surface area contributed by atoms with E-state index in [1.54, 1.807) is 0 Å². The quantitative estimate of drug-likeness (QED) is 0.709. The lowest BCUT2D eigenvalue weighted by atomic mass is 10.1. The van der Waals surface area contributed by atoms with Gasteiger partial charge in [0.15, 0.2) is 0 Å². The molecule has 0 aromatic rings. The van der Waals surface area contributed by atoms with Crippen molar-refractivity contribution in [3.63, 3.8) is 0 Å². The molecule has 3 nitrogen and oxygen atoms in total. The van der Waals surface area contributed by atoms with Gasteiger partial charge in [-0.05, 0) is 18.4 Å². The molecule has 0 bridgehead atoms. The molecule has 0 rings (SSSR count). The topological polar surface area (TPSA) is 32.3 Å². The second kappa shape index (κ2) is 8.51. The van der Waals surface area contributed by atoms with Crippen molar-refractivity contribution < 1.29 is 4.79 Å². The maximum absolute atomic E-state index is 12.3. The molecule has 0 saturated carbocycles. The highest BCUT2D eigenvalue weighted by atomic mass is 16.2. The van der Waals surface area contributed by atoms with E-state index in [1.807, 2.05) is 11.8 Å². The summed E-state index contributed by atoms with van der Waals surface area (Å²) in [4.78, 5) is 14.3. The van der Waals surface area contributed by atoms with Crippen molar-refractivity contribution in [2.75, 3.05) is 26.2 Å². The van der Waals surface area contributed by atoms with E-state index in [1.165, 1.54) is 0 Å². The first kappa shape index (κ1) is 16.4. The van der Waals surface area contributed by atoms with Crippen LogP contribution in [-0.2, 0) is 4.79 Å². The maximum Gasteiger partial charge on any atom is 0.226 e. The zero-order valence-electron chi connectivity index (χ0n) is 12.4. The lowest BCUT2D eigenvalue weighted by molar-refractivity contribution is -0.136. The van der Waals surface area contributed by atoms with Gasteiger partial charge in [0.25, 0.3) is 0 Å². The molecule has 1 N–H and O–H groups in total. The van der Waals surface area contributed by atoms with Crippen LogP contribution in [0.5, 0.6) is 0 Å². The predicted molar refractivity (Wildman–Crippen MR) is 74.0 cm³/mol. The fourth-order valence-corrected chi connectivity index (χ4v) is 1.90. The first-order chi connectivity index (χ1) is 7.88. The van der Waals surface area contributed by atoms with Crippen LogP contribution >= 0.6 is 0 Å². The Balaban J connectivity index is 4.39. The first-order valence-corrected chi connectivity index (χ1v) is 6.87. The molecule has 0 aliphatic rings. The zero-order chi connectivity index (χ0) is 13.4. The number of carbonyl (C=O) groups is 1. The van der Waals surface area contributed by atoms with Gasteiger partial charge < -0.3 is 10.2 Å². The summed E-state index contributed by atoms with van der Waals surface area (Å²) in [6, 6.07) is 0. The Morgan fingerprint density at radius 3 is 1.88 bits per heavy atom. The molecule has 102 valence electrons. The second-order valence-electron chi connectivity index (χ2n) is 5.74. The molecule has 17 heavy (non-hydrogen) atoms. The molecular weight excluding hydrogens is 212 g/mol. The minimum absolute atomic E-state index is 0.0763. The van der Waals surface area contributed by atoms with Crippen molar-refractivity contribution in [1.29, 1.82) is 0 Å². The van der Waals surface area contributed by atoms with Gasteiger partial charge in [-0.25, -0.2) is 0 Å². The lowest BCUT2D eigenvalue weighted by Gasteiger charge is -2.29. The average Bonchev–Trinajstić information content (AvgIpc) is 2.22. The van der Waals surface area contributed by atoms with Gasteiger partial charge in [-0.3, -0.25) is 4.79 Å². The number of hydrogen-bond acceptors (Lipinski definition) is 2. The number of amides is 1. The minimum Gasteiger partial charge on any atom is -0.342 e. The van der Waals surface area contributed by atoms with Crippen LogP contribution in [0.3, 0.4) is 0 Å². The van der Waals surface area contributed by atoms with E-state index < -0.39 is 0 Å². The van der Waals surface area contributed by atoms with Crippen LogP contribution in [0.4, 0.5) is 0 Å². The first-order valence-electron chi connectivity index (χ1n) is 6.87. The van der Waals surface area contributed by atoms with Gasteiger partial charge in [-0.2, -0.15) is 0 Å². The highest BCUT2D eigenvalue weighted by Crippen LogP contribution is 2.09. The van der Waals surface area contributed by atoms with Crippen LogP contribution in [0.25, 0.3) is 0 Å². The van der Waals surface area contributed by atoms with Crippen LogP contribution in [-0.4, -0.2) is 37.0 Å². The third-order valence-corrected chi connectivity index (χ3v) is 2.60. The SMILES string of the molecule is CCNCC(C)C(=O)N(CC(C)C)CC(C)C. The van der Waals surface area contributed by atoms with Crippen molar-refractivity contribution in [1.82, 2.24) is 10.2 Å². The van der Waals surface area contributed by atoms with Gasteiger partial charge in [0.05, 0.1) is 0 Å². The van der Waals surface area contributed by atoms with E-state index in [9.17, 15) is 4.79 Å². The second-order valence-corrected chi connectivity index (χ2v) is 5.74. The number of nitrogens with one attached hydrogen (secondary N) is 1. The highest BCUT2D eigenvalue weighted by molar-refractivity contribution is 5.78. The number of carbonyl (C=O) groups excluding carboxylic acids is 1. The van der Waals surface area contributed by atoms with Crippen molar-refractivity contribution in [2.24, 2.45) is 17.8 Å². The normalized spacial score (nSPS) is 13.2. The Labute approximate surface area is 107 Å². The maximum atomic E-state index is 12.3. The van der Waals surface area contributed by atoms with E-state index in [0.29, 0.717) is 11.8 Å². The van der Waals surface area contributed by atoms with Gasteiger partial charge >= 0.3 is 0 Å². The molecule has 0 spiro atoms. The summed E-state index contributed by atoms with van der Waals surface area (Å²) < 4.78 is 0. The Kier molecular flexibility index (Phi) is 8.23. The smallest absolute Gasteiger partial charge is 0.226 e. The summed E-state index contributed by atoms with van der Waals surface area (Å²) in [6.45, 7) is 16.2. The van der Waals surface area contributed by atoms with E-state index in [0.717, 1.165) is 26.2 Å². The molecular formula is C14H30N2O. The Hall–Kier alpha value is -0.570. The average molecular weight is 242 g/mol. The van der Waals surface area contributed by atoms with Crippen LogP contribution in [0.15, 0.2) is 0 Å². The van der Waals surface area contributed by atoms with Crippen molar-refractivity contribution in [3.05, 3.63) is 0 Å². The monoisotopic (exact) mass is 242 g/mol. The molecule has 1 atom stereocenters. The number of rotatable bonds is 8. The van der Waals surface area contributed by atoms with Gasteiger partial charge in [-0.1, -0.05) is 41.5 Å². The Bertz CT molecular complexity index is 204. The third-order valence-electron chi connectivity index (χ3n) is 2.60. The van der Waals surface area contributed by atoms with Crippen LogP contribution in [0.2, 0.25) is 0 Å². The molecule has 1 unspecified atom stereocenters. The van der Waals surface area contributed by atoms with Gasteiger partial charge in [0, 0.05) is 25.6 Å². The standard InChI is InChI=1S/C14H30N2O/c1-7-15-8-13(6)14(17)16(9-11(2)3)10-12(4)5/h11-13,15H,7-10H2,1-6H3. The number of hydrogen-bond donors (Lipinski definition) is 1. The summed E-state index contributed by atoms with van der Waals surface area (Å²) in [5.41, 5.74) is 0. The molecule has 0 aromatic carbocycles. The van der Waals surface area contributed by atoms with Gasteiger partial charge in [0.1, 0.15) is 0 Å². The van der Waals surface area contributed by atoms with E-state index in [4.69, 9.17) is 0 Å². The van der Waals surface area contributed by atoms with Crippen molar-refractivity contribution in [2.45, 2.75) is 41.5 Å². The van der Waals surface area contributed by atoms with E-state index in [-0.39, 0.29) is 11.8 Å². The summed E-state index contributed by atoms with van der Waals surface area (Å²) in [5, 5.41) is 3.24. The summed E-state index contributed by atoms with van der Waals surface area (Å²) in [7, 11) is 0. The van der Waals surface area contributed by atoms with Crippen LogP contribution in [0, 0.1) is 17.8 Å². The third kappa shape index (κ3) is 7.37. The van der Waals surface area contributed by atoms with Gasteiger partial charge in [-0.15, -0.1) is 0 Å². The molecule has 0 heterocycles.